The van der Waals surface area contributed by atoms with Crippen LogP contribution in [0.5, 0.6) is 5.75 Å². The molecule has 1 amide bonds. The number of rotatable bonds is 8. The van der Waals surface area contributed by atoms with Crippen molar-refractivity contribution in [3.05, 3.63) is 52.2 Å². The van der Waals surface area contributed by atoms with E-state index in [9.17, 15) is 9.59 Å². The number of aliphatic imine (C=N–C) groups is 1. The van der Waals surface area contributed by atoms with Crippen molar-refractivity contribution in [2.75, 3.05) is 60.7 Å². The topological polar surface area (TPSA) is 83.9 Å². The van der Waals surface area contributed by atoms with Crippen molar-refractivity contribution >= 4 is 28.8 Å². The number of nitrogens with zero attached hydrogens (tertiary/aromatic N) is 4. The largest absolute Gasteiger partial charge is 0.497 e. The molecule has 188 valence electrons. The van der Waals surface area contributed by atoms with Crippen molar-refractivity contribution in [3.63, 3.8) is 0 Å². The van der Waals surface area contributed by atoms with Gasteiger partial charge in [0, 0.05) is 45.5 Å². The van der Waals surface area contributed by atoms with E-state index in [0.29, 0.717) is 36.7 Å². The fraction of sp³-hybridized carbons (Fsp3) is 0.480. The van der Waals surface area contributed by atoms with E-state index in [-0.39, 0.29) is 12.3 Å². The van der Waals surface area contributed by atoms with E-state index >= 15 is 0 Å². The summed E-state index contributed by atoms with van der Waals surface area (Å²) in [5.74, 6) is 0.320. The van der Waals surface area contributed by atoms with Crippen molar-refractivity contribution in [1.29, 1.82) is 0 Å². The molecule has 0 unspecified atom stereocenters. The van der Waals surface area contributed by atoms with Gasteiger partial charge in [0.25, 0.3) is 0 Å². The van der Waals surface area contributed by atoms with Gasteiger partial charge in [-0.1, -0.05) is 23.9 Å². The second kappa shape index (κ2) is 11.3. The van der Waals surface area contributed by atoms with Crippen LogP contribution in [0.25, 0.3) is 0 Å². The first-order valence-corrected chi connectivity index (χ1v) is 12.5. The minimum Gasteiger partial charge on any atom is -0.497 e. The Labute approximate surface area is 210 Å². The van der Waals surface area contributed by atoms with Crippen LogP contribution >= 0.6 is 11.8 Å². The summed E-state index contributed by atoms with van der Waals surface area (Å²) in [6, 6.07) is 7.15. The molecular formula is C25H32N4O5S. The van der Waals surface area contributed by atoms with Crippen LogP contribution in [0.2, 0.25) is 0 Å². The van der Waals surface area contributed by atoms with E-state index < -0.39 is 12.0 Å². The van der Waals surface area contributed by atoms with E-state index in [2.05, 4.69) is 9.89 Å². The van der Waals surface area contributed by atoms with Crippen molar-refractivity contribution in [1.82, 2.24) is 14.7 Å². The van der Waals surface area contributed by atoms with E-state index in [1.54, 1.807) is 14.2 Å². The fourth-order valence-corrected chi connectivity index (χ4v) is 5.54. The number of esters is 1. The van der Waals surface area contributed by atoms with Crippen LogP contribution in [0.1, 0.15) is 24.9 Å². The Kier molecular flexibility index (Phi) is 8.15. The number of hydrogen-bond acceptors (Lipinski definition) is 9. The van der Waals surface area contributed by atoms with Gasteiger partial charge in [-0.15, -0.1) is 0 Å². The molecule has 1 aromatic carbocycles. The number of ether oxygens (including phenoxy) is 3. The Hall–Kier alpha value is -2.82. The number of piperazine rings is 1. The number of carbonyl (C=O) groups excluding carboxylic acids is 2. The number of fused-ring (bicyclic) bond motifs is 1. The second-order valence-corrected chi connectivity index (χ2v) is 9.39. The van der Waals surface area contributed by atoms with E-state index in [1.165, 1.54) is 18.9 Å². The molecule has 0 spiro atoms. The molecule has 3 aliphatic heterocycles. The minimum atomic E-state index is -0.468. The Morgan fingerprint density at radius 2 is 1.91 bits per heavy atom. The standard InChI is InChI=1S/C25H32N4O5S/c1-17-22(24(31)34-4)23(18-6-5-7-20(14-18)33-3)29-19(16-35-25(29)26-17)15-21(30)28-10-8-27(9-11-28)12-13-32-2/h5-7,14,16,23H,8-13,15H2,1-4H3/t23-/m0/s1. The zero-order chi connectivity index (χ0) is 24.9. The van der Waals surface area contributed by atoms with Gasteiger partial charge in [0.1, 0.15) is 5.75 Å². The molecule has 4 rings (SSSR count). The van der Waals surface area contributed by atoms with Crippen molar-refractivity contribution in [3.8, 4) is 5.75 Å². The Morgan fingerprint density at radius 3 is 2.60 bits per heavy atom. The molecule has 10 heteroatoms. The average Bonchev–Trinajstić information content (AvgIpc) is 3.28. The number of hydrogen-bond donors (Lipinski definition) is 0. The normalized spacial score (nSPS) is 20.4. The van der Waals surface area contributed by atoms with Crippen LogP contribution in [0.15, 0.2) is 51.6 Å². The first-order chi connectivity index (χ1) is 17.0. The molecule has 3 heterocycles. The number of methoxy groups -OCH3 is 3. The molecular weight excluding hydrogens is 468 g/mol. The third-order valence-electron chi connectivity index (χ3n) is 6.48. The van der Waals surface area contributed by atoms with Gasteiger partial charge in [-0.2, -0.15) is 0 Å². The summed E-state index contributed by atoms with van der Waals surface area (Å²) in [5.41, 5.74) is 2.75. The highest BCUT2D eigenvalue weighted by Crippen LogP contribution is 2.45. The number of carbonyl (C=O) groups is 2. The second-order valence-electron chi connectivity index (χ2n) is 8.55. The summed E-state index contributed by atoms with van der Waals surface area (Å²) in [6.07, 6.45) is 0.234. The van der Waals surface area contributed by atoms with Gasteiger partial charge in [0.05, 0.1) is 44.6 Å². The van der Waals surface area contributed by atoms with Crippen LogP contribution in [0, 0.1) is 0 Å². The third kappa shape index (κ3) is 5.39. The maximum Gasteiger partial charge on any atom is 0.338 e. The molecule has 1 atom stereocenters. The quantitative estimate of drug-likeness (QED) is 0.504. The number of amidine groups is 1. The number of amides is 1. The summed E-state index contributed by atoms with van der Waals surface area (Å²) < 4.78 is 15.7. The molecule has 9 nitrogen and oxygen atoms in total. The molecule has 0 aliphatic carbocycles. The maximum atomic E-state index is 13.3. The highest BCUT2D eigenvalue weighted by Gasteiger charge is 2.41. The van der Waals surface area contributed by atoms with Gasteiger partial charge in [-0.05, 0) is 30.0 Å². The molecule has 1 saturated heterocycles. The predicted octanol–water partition coefficient (Wildman–Crippen LogP) is 2.62. The number of benzene rings is 1. The number of allylic oxidation sites excluding steroid dienone is 1. The molecule has 0 N–H and O–H groups in total. The molecule has 35 heavy (non-hydrogen) atoms. The Bertz CT molecular complexity index is 1060. The SMILES string of the molecule is COCCN1CCN(C(=O)CC2=CSC3=NC(C)=C(C(=O)OC)[C@H](c4cccc(OC)c4)N23)CC1. The van der Waals surface area contributed by atoms with Gasteiger partial charge in [0.15, 0.2) is 5.17 Å². The first kappa shape index (κ1) is 25.3. The van der Waals surface area contributed by atoms with Crippen molar-refractivity contribution < 1.29 is 23.8 Å². The van der Waals surface area contributed by atoms with Crippen LogP contribution in [0.4, 0.5) is 0 Å². The molecule has 1 aromatic rings. The van der Waals surface area contributed by atoms with Gasteiger partial charge in [0.2, 0.25) is 5.91 Å². The van der Waals surface area contributed by atoms with Crippen molar-refractivity contribution in [2.24, 2.45) is 4.99 Å². The Morgan fingerprint density at radius 1 is 1.14 bits per heavy atom. The van der Waals surface area contributed by atoms with Crippen LogP contribution < -0.4 is 4.74 Å². The van der Waals surface area contributed by atoms with Gasteiger partial charge in [-0.25, -0.2) is 9.79 Å². The van der Waals surface area contributed by atoms with E-state index in [4.69, 9.17) is 14.2 Å². The van der Waals surface area contributed by atoms with Gasteiger partial charge >= 0.3 is 5.97 Å². The molecule has 0 radical (unpaired) electrons. The van der Waals surface area contributed by atoms with Crippen LogP contribution in [0.3, 0.4) is 0 Å². The summed E-state index contributed by atoms with van der Waals surface area (Å²) in [5, 5.41) is 2.71. The van der Waals surface area contributed by atoms with Crippen molar-refractivity contribution in [2.45, 2.75) is 19.4 Å². The van der Waals surface area contributed by atoms with E-state index in [1.807, 2.05) is 46.4 Å². The van der Waals surface area contributed by atoms with Gasteiger partial charge < -0.3 is 24.0 Å². The molecule has 0 saturated carbocycles. The highest BCUT2D eigenvalue weighted by atomic mass is 32.2. The van der Waals surface area contributed by atoms with E-state index in [0.717, 1.165) is 36.1 Å². The third-order valence-corrected chi connectivity index (χ3v) is 7.37. The molecule has 0 aromatic heterocycles. The molecule has 1 fully saturated rings. The van der Waals surface area contributed by atoms with Gasteiger partial charge in [-0.3, -0.25) is 9.69 Å². The zero-order valence-electron chi connectivity index (χ0n) is 20.7. The Balaban J connectivity index is 1.57. The van der Waals surface area contributed by atoms with Crippen LogP contribution in [-0.4, -0.2) is 92.4 Å². The lowest BCUT2D eigenvalue weighted by Crippen LogP contribution is -2.49. The number of thioether (sulfide) groups is 1. The smallest absolute Gasteiger partial charge is 0.338 e. The maximum absolute atomic E-state index is 13.3. The molecule has 3 aliphatic rings. The van der Waals surface area contributed by atoms with Crippen LogP contribution in [-0.2, 0) is 19.1 Å². The predicted molar refractivity (Wildman–Crippen MR) is 135 cm³/mol. The first-order valence-electron chi connectivity index (χ1n) is 11.6. The lowest BCUT2D eigenvalue weighted by molar-refractivity contribution is -0.136. The highest BCUT2D eigenvalue weighted by molar-refractivity contribution is 8.16. The minimum absolute atomic E-state index is 0.0692. The summed E-state index contributed by atoms with van der Waals surface area (Å²) in [6.45, 7) is 6.43. The lowest BCUT2D eigenvalue weighted by Gasteiger charge is -2.38. The lowest BCUT2D eigenvalue weighted by atomic mass is 9.93. The monoisotopic (exact) mass is 500 g/mol. The summed E-state index contributed by atoms with van der Waals surface area (Å²) in [4.78, 5) is 37.0. The zero-order valence-corrected chi connectivity index (χ0v) is 21.5. The summed E-state index contributed by atoms with van der Waals surface area (Å²) >= 11 is 1.47. The fourth-order valence-electron chi connectivity index (χ4n) is 4.58. The average molecular weight is 501 g/mol. The molecule has 0 bridgehead atoms. The summed E-state index contributed by atoms with van der Waals surface area (Å²) in [7, 11) is 4.68.